The Bertz CT molecular complexity index is 307. The van der Waals surface area contributed by atoms with Gasteiger partial charge in [-0.05, 0) is 37.8 Å². The van der Waals surface area contributed by atoms with Crippen LogP contribution in [0.15, 0.2) is 24.3 Å². The first-order chi connectivity index (χ1) is 7.67. The predicted octanol–water partition coefficient (Wildman–Crippen LogP) is 2.29. The van der Waals surface area contributed by atoms with Gasteiger partial charge in [0.2, 0.25) is 0 Å². The van der Waals surface area contributed by atoms with Crippen LogP contribution in [0.1, 0.15) is 31.4 Å². The van der Waals surface area contributed by atoms with Crippen LogP contribution in [-0.2, 0) is 6.42 Å². The van der Waals surface area contributed by atoms with Gasteiger partial charge in [0.25, 0.3) is 0 Å². The van der Waals surface area contributed by atoms with Crippen LogP contribution in [-0.4, -0.2) is 23.8 Å². The highest BCUT2D eigenvalue weighted by atomic mass is 16.3. The Morgan fingerprint density at radius 3 is 2.56 bits per heavy atom. The van der Waals surface area contributed by atoms with Gasteiger partial charge in [0.1, 0.15) is 0 Å². The minimum atomic E-state index is 0.217. The molecule has 2 N–H and O–H groups in total. The maximum Gasteiger partial charge on any atom is 0.0584 e. The lowest BCUT2D eigenvalue weighted by Gasteiger charge is -2.21. The topological polar surface area (TPSA) is 32.3 Å². The van der Waals surface area contributed by atoms with Crippen molar-refractivity contribution in [3.05, 3.63) is 35.4 Å². The zero-order chi connectivity index (χ0) is 12.0. The minimum Gasteiger partial charge on any atom is -0.395 e. The maximum absolute atomic E-state index is 9.13. The van der Waals surface area contributed by atoms with Gasteiger partial charge < -0.3 is 10.4 Å². The maximum atomic E-state index is 9.13. The van der Waals surface area contributed by atoms with Crippen molar-refractivity contribution < 1.29 is 5.11 Å². The van der Waals surface area contributed by atoms with Gasteiger partial charge in [0.05, 0.1) is 6.61 Å². The Hall–Kier alpha value is -0.860. The number of aliphatic hydroxyl groups excluding tert-OH is 1. The molecule has 0 amide bonds. The van der Waals surface area contributed by atoms with Crippen molar-refractivity contribution in [3.8, 4) is 0 Å². The zero-order valence-electron chi connectivity index (χ0n) is 10.5. The number of hydrogen-bond acceptors (Lipinski definition) is 2. The third kappa shape index (κ3) is 3.95. The van der Waals surface area contributed by atoms with Gasteiger partial charge in [-0.2, -0.15) is 0 Å². The molecule has 2 nitrogen and oxygen atoms in total. The third-order valence-corrected chi connectivity index (χ3v) is 3.02. The molecule has 0 fully saturated rings. The Balaban J connectivity index is 2.51. The number of benzene rings is 1. The average Bonchev–Trinajstić information content (AvgIpc) is 2.29. The number of hydrogen-bond donors (Lipinski definition) is 2. The molecule has 2 heteroatoms. The first kappa shape index (κ1) is 13.2. The van der Waals surface area contributed by atoms with Crippen molar-refractivity contribution in [1.29, 1.82) is 0 Å². The van der Waals surface area contributed by atoms with E-state index in [9.17, 15) is 0 Å². The van der Waals surface area contributed by atoms with Gasteiger partial charge in [-0.3, -0.25) is 0 Å². The fourth-order valence-corrected chi connectivity index (χ4v) is 1.93. The van der Waals surface area contributed by atoms with Gasteiger partial charge in [0, 0.05) is 12.1 Å². The standard InChI is InChI=1S/C14H23NO/c1-4-14(10-16)15-12(3)9-13-8-6-5-7-11(13)2/h5-8,12,14-16H,4,9-10H2,1-3H3/t12?,14-/m1/s1. The summed E-state index contributed by atoms with van der Waals surface area (Å²) in [6.07, 6.45) is 1.98. The molecule has 1 aromatic carbocycles. The summed E-state index contributed by atoms with van der Waals surface area (Å²) in [5, 5.41) is 12.6. The molecular formula is C14H23NO. The molecule has 1 aromatic rings. The van der Waals surface area contributed by atoms with E-state index in [0.717, 1.165) is 12.8 Å². The monoisotopic (exact) mass is 221 g/mol. The van der Waals surface area contributed by atoms with Crippen LogP contribution in [0, 0.1) is 6.92 Å². The summed E-state index contributed by atoms with van der Waals surface area (Å²) in [7, 11) is 0. The lowest BCUT2D eigenvalue weighted by molar-refractivity contribution is 0.229. The molecule has 1 rings (SSSR count). The van der Waals surface area contributed by atoms with Crippen molar-refractivity contribution >= 4 is 0 Å². The predicted molar refractivity (Wildman–Crippen MR) is 68.6 cm³/mol. The fraction of sp³-hybridized carbons (Fsp3) is 0.571. The summed E-state index contributed by atoms with van der Waals surface area (Å²) in [6.45, 7) is 6.62. The van der Waals surface area contributed by atoms with E-state index in [1.54, 1.807) is 0 Å². The highest BCUT2D eigenvalue weighted by molar-refractivity contribution is 5.26. The van der Waals surface area contributed by atoms with Crippen LogP contribution < -0.4 is 5.32 Å². The molecule has 1 unspecified atom stereocenters. The van der Waals surface area contributed by atoms with E-state index >= 15 is 0 Å². The second-order valence-electron chi connectivity index (χ2n) is 4.49. The molecule has 0 bridgehead atoms. The molecule has 16 heavy (non-hydrogen) atoms. The number of rotatable bonds is 6. The van der Waals surface area contributed by atoms with Gasteiger partial charge in [-0.1, -0.05) is 31.2 Å². The number of aryl methyl sites for hydroxylation is 1. The molecule has 0 radical (unpaired) electrons. The molecular weight excluding hydrogens is 198 g/mol. The lowest BCUT2D eigenvalue weighted by atomic mass is 10.0. The van der Waals surface area contributed by atoms with E-state index in [4.69, 9.17) is 5.11 Å². The Kier molecular flexibility index (Phi) is 5.50. The fourth-order valence-electron chi connectivity index (χ4n) is 1.93. The normalized spacial score (nSPS) is 14.8. The third-order valence-electron chi connectivity index (χ3n) is 3.02. The smallest absolute Gasteiger partial charge is 0.0584 e. The Morgan fingerprint density at radius 2 is 2.00 bits per heavy atom. The molecule has 0 spiro atoms. The van der Waals surface area contributed by atoms with Crippen LogP contribution in [0.4, 0.5) is 0 Å². The van der Waals surface area contributed by atoms with Crippen LogP contribution in [0.2, 0.25) is 0 Å². The Labute approximate surface area is 98.7 Å². The summed E-state index contributed by atoms with van der Waals surface area (Å²) in [6, 6.07) is 9.09. The van der Waals surface area contributed by atoms with Crippen LogP contribution in [0.3, 0.4) is 0 Å². The first-order valence-electron chi connectivity index (χ1n) is 6.08. The van der Waals surface area contributed by atoms with E-state index in [1.807, 2.05) is 0 Å². The van der Waals surface area contributed by atoms with Gasteiger partial charge in [0.15, 0.2) is 0 Å². The van der Waals surface area contributed by atoms with Crippen molar-refractivity contribution in [2.45, 2.75) is 45.7 Å². The molecule has 0 aliphatic heterocycles. The molecule has 0 aliphatic carbocycles. The molecule has 0 aromatic heterocycles. The van der Waals surface area contributed by atoms with Gasteiger partial charge >= 0.3 is 0 Å². The summed E-state index contributed by atoms with van der Waals surface area (Å²) >= 11 is 0. The van der Waals surface area contributed by atoms with E-state index in [1.165, 1.54) is 11.1 Å². The van der Waals surface area contributed by atoms with Crippen LogP contribution >= 0.6 is 0 Å². The van der Waals surface area contributed by atoms with Gasteiger partial charge in [-0.15, -0.1) is 0 Å². The highest BCUT2D eigenvalue weighted by Crippen LogP contribution is 2.10. The quantitative estimate of drug-likeness (QED) is 0.772. The summed E-state index contributed by atoms with van der Waals surface area (Å²) < 4.78 is 0. The zero-order valence-corrected chi connectivity index (χ0v) is 10.5. The second-order valence-corrected chi connectivity index (χ2v) is 4.49. The minimum absolute atomic E-state index is 0.217. The summed E-state index contributed by atoms with van der Waals surface area (Å²) in [4.78, 5) is 0. The SMILES string of the molecule is CC[C@H](CO)NC(C)Cc1ccccc1C. The number of aliphatic hydroxyl groups is 1. The van der Waals surface area contributed by atoms with Crippen molar-refractivity contribution in [2.24, 2.45) is 0 Å². The van der Waals surface area contributed by atoms with E-state index in [2.05, 4.69) is 50.4 Å². The van der Waals surface area contributed by atoms with Crippen LogP contribution in [0.25, 0.3) is 0 Å². The summed E-state index contributed by atoms with van der Waals surface area (Å²) in [5.74, 6) is 0. The van der Waals surface area contributed by atoms with Crippen molar-refractivity contribution in [1.82, 2.24) is 5.32 Å². The molecule has 0 saturated heterocycles. The number of nitrogens with one attached hydrogen (secondary N) is 1. The van der Waals surface area contributed by atoms with Gasteiger partial charge in [-0.25, -0.2) is 0 Å². The molecule has 0 aliphatic rings. The second kappa shape index (κ2) is 6.66. The van der Waals surface area contributed by atoms with Crippen molar-refractivity contribution in [2.75, 3.05) is 6.61 Å². The first-order valence-corrected chi connectivity index (χ1v) is 6.08. The average molecular weight is 221 g/mol. The van der Waals surface area contributed by atoms with Crippen molar-refractivity contribution in [3.63, 3.8) is 0 Å². The Morgan fingerprint density at radius 1 is 1.31 bits per heavy atom. The van der Waals surface area contributed by atoms with E-state index in [-0.39, 0.29) is 12.6 Å². The molecule has 0 saturated carbocycles. The lowest BCUT2D eigenvalue weighted by Crippen LogP contribution is -2.39. The molecule has 90 valence electrons. The largest absolute Gasteiger partial charge is 0.395 e. The highest BCUT2D eigenvalue weighted by Gasteiger charge is 2.10. The molecule has 2 atom stereocenters. The molecule has 0 heterocycles. The van der Waals surface area contributed by atoms with E-state index in [0.29, 0.717) is 6.04 Å². The van der Waals surface area contributed by atoms with E-state index < -0.39 is 0 Å². The van der Waals surface area contributed by atoms with Crippen LogP contribution in [0.5, 0.6) is 0 Å². The summed E-state index contributed by atoms with van der Waals surface area (Å²) in [5.41, 5.74) is 2.73.